The van der Waals surface area contributed by atoms with E-state index in [-0.39, 0.29) is 35.1 Å². The van der Waals surface area contributed by atoms with E-state index in [1.807, 2.05) is 13.8 Å². The summed E-state index contributed by atoms with van der Waals surface area (Å²) >= 11 is 0. The van der Waals surface area contributed by atoms with Crippen LogP contribution in [0, 0.1) is 23.3 Å². The second kappa shape index (κ2) is 26.8. The van der Waals surface area contributed by atoms with Gasteiger partial charge in [-0.2, -0.15) is 43.9 Å². The number of halogens is 14. The zero-order valence-corrected chi connectivity index (χ0v) is 46.8. The Balaban J connectivity index is 1.21. The van der Waals surface area contributed by atoms with Gasteiger partial charge in [-0.05, 0) is 118 Å². The van der Waals surface area contributed by atoms with E-state index >= 15 is 35.1 Å². The molecule has 85 heavy (non-hydrogen) atoms. The van der Waals surface area contributed by atoms with Crippen molar-refractivity contribution in [2.24, 2.45) is 0 Å². The normalized spacial score (nSPS) is 13.1. The molecule has 448 valence electrons. The van der Waals surface area contributed by atoms with Crippen molar-refractivity contribution in [3.05, 3.63) is 248 Å². The molecule has 8 rings (SSSR count). The lowest BCUT2D eigenvalue weighted by Gasteiger charge is -2.28. The summed E-state index contributed by atoms with van der Waals surface area (Å²) < 4.78 is 237. The third kappa shape index (κ3) is 14.6. The number of hydrogen-bond acceptors (Lipinski definition) is 3. The maximum absolute atomic E-state index is 17.9. The molecule has 0 saturated carbocycles. The van der Waals surface area contributed by atoms with E-state index in [1.165, 1.54) is 48.5 Å². The van der Waals surface area contributed by atoms with Crippen molar-refractivity contribution in [2.45, 2.75) is 114 Å². The van der Waals surface area contributed by atoms with Gasteiger partial charge in [0.05, 0.1) is 0 Å². The highest BCUT2D eigenvalue weighted by Gasteiger charge is 2.48. The predicted molar refractivity (Wildman–Crippen MR) is 299 cm³/mol. The maximum Gasteiger partial charge on any atom is 0.414 e. The predicted octanol–water partition coefficient (Wildman–Crippen LogP) is 19.8. The van der Waals surface area contributed by atoms with Gasteiger partial charge in [0.15, 0.2) is 12.2 Å². The Labute approximate surface area is 484 Å². The molecule has 0 bridgehead atoms. The van der Waals surface area contributed by atoms with Crippen LogP contribution in [0.25, 0.3) is 22.3 Å². The first-order chi connectivity index (χ1) is 40.4. The summed E-state index contributed by atoms with van der Waals surface area (Å²) in [6, 6.07) is 34.3. The van der Waals surface area contributed by atoms with Crippen LogP contribution in [0.4, 0.5) is 61.5 Å². The summed E-state index contributed by atoms with van der Waals surface area (Å²) in [6.45, 7) is 4.03. The molecule has 17 heteroatoms. The van der Waals surface area contributed by atoms with Crippen LogP contribution in [0.5, 0.6) is 11.5 Å². The van der Waals surface area contributed by atoms with E-state index in [9.17, 15) is 26.3 Å². The number of rotatable bonds is 24. The van der Waals surface area contributed by atoms with Crippen molar-refractivity contribution < 1.29 is 75.7 Å². The van der Waals surface area contributed by atoms with Crippen molar-refractivity contribution in [2.75, 3.05) is 14.2 Å². The molecule has 2 atom stereocenters. The van der Waals surface area contributed by atoms with Gasteiger partial charge in [-0.15, -0.1) is 0 Å². The first-order valence-electron chi connectivity index (χ1n) is 27.6. The summed E-state index contributed by atoms with van der Waals surface area (Å²) in [7, 11) is 1.34. The van der Waals surface area contributed by atoms with Crippen molar-refractivity contribution in [1.29, 1.82) is 0 Å². The smallest absolute Gasteiger partial charge is 0.414 e. The lowest BCUT2D eigenvalue weighted by molar-refractivity contribution is -0.212. The monoisotopic (exact) mass is 1190 g/mol. The standard InChI is InChI=1S/C68H60F14O3/c1-5-7-13-41-23-31-51(55(69)37-41)45-25-19-43(20-26-45)35-47-15-9-11-17-53(47)65(73,74)61-57(33-29-49(63(61)71)39-59(83-3)67(77,78)79)85-58-34-30-50(40-60(84-4)68(80,81)82)64(72)62(58)66(75,76)54-18-12-10-16-48(54)36-44-21-27-46(28-22-44)52-32-24-42(14-8-6-2)38-56(52)70/h9-12,15-34,37-38,59-60H,5-8,13-14,35-36,39-40H2,1-4H3. The zero-order valence-electron chi connectivity index (χ0n) is 46.8. The quantitative estimate of drug-likeness (QED) is 0.0565. The van der Waals surface area contributed by atoms with Crippen LogP contribution in [0.3, 0.4) is 0 Å². The molecule has 0 aliphatic carbocycles. The minimum atomic E-state index is -5.14. The van der Waals surface area contributed by atoms with Gasteiger partial charge in [-0.3, -0.25) is 0 Å². The third-order valence-electron chi connectivity index (χ3n) is 15.1. The number of alkyl halides is 10. The van der Waals surface area contributed by atoms with Crippen LogP contribution < -0.4 is 4.74 Å². The van der Waals surface area contributed by atoms with E-state index in [2.05, 4.69) is 9.47 Å². The summed E-state index contributed by atoms with van der Waals surface area (Å²) in [5.41, 5.74) is -3.64. The van der Waals surface area contributed by atoms with Crippen LogP contribution in [0.1, 0.15) is 106 Å². The molecule has 0 aromatic heterocycles. The molecule has 0 heterocycles. The largest absolute Gasteiger partial charge is 0.456 e. The fourth-order valence-corrected chi connectivity index (χ4v) is 10.4. The van der Waals surface area contributed by atoms with Crippen LogP contribution >= 0.6 is 0 Å². The second-order valence-corrected chi connectivity index (χ2v) is 20.9. The first-order valence-corrected chi connectivity index (χ1v) is 27.6. The molecule has 0 N–H and O–H groups in total. The number of unbranched alkanes of at least 4 members (excludes halogenated alkanes) is 2. The molecular formula is C68H60F14O3. The summed E-state index contributed by atoms with van der Waals surface area (Å²) in [6.07, 6.45) is -14.1. The fourth-order valence-electron chi connectivity index (χ4n) is 10.4. The molecule has 0 amide bonds. The molecule has 2 unspecified atom stereocenters. The van der Waals surface area contributed by atoms with E-state index in [0.29, 0.717) is 73.6 Å². The topological polar surface area (TPSA) is 27.7 Å². The minimum absolute atomic E-state index is 0.151. The minimum Gasteiger partial charge on any atom is -0.456 e. The lowest BCUT2D eigenvalue weighted by Crippen LogP contribution is -2.33. The van der Waals surface area contributed by atoms with Crippen LogP contribution in [-0.4, -0.2) is 38.8 Å². The van der Waals surface area contributed by atoms with Gasteiger partial charge in [-0.25, -0.2) is 17.6 Å². The van der Waals surface area contributed by atoms with Crippen LogP contribution in [-0.2, 0) is 59.8 Å². The first kappa shape index (κ1) is 63.5. The Kier molecular flexibility index (Phi) is 20.0. The number of ether oxygens (including phenoxy) is 3. The molecule has 0 radical (unpaired) electrons. The number of aryl methyl sites for hydroxylation is 2. The molecule has 0 spiro atoms. The number of benzene rings is 8. The lowest BCUT2D eigenvalue weighted by atomic mass is 9.89. The second-order valence-electron chi connectivity index (χ2n) is 20.9. The van der Waals surface area contributed by atoms with Gasteiger partial charge >= 0.3 is 24.2 Å². The zero-order chi connectivity index (χ0) is 61.4. The van der Waals surface area contributed by atoms with Crippen molar-refractivity contribution >= 4 is 0 Å². The van der Waals surface area contributed by atoms with Gasteiger partial charge in [0.25, 0.3) is 0 Å². The average molecular weight is 1190 g/mol. The fraction of sp³-hybridized carbons (Fsp3) is 0.294. The molecule has 0 fully saturated rings. The molecular weight excluding hydrogens is 1130 g/mol. The van der Waals surface area contributed by atoms with Gasteiger partial charge in [-0.1, -0.05) is 160 Å². The maximum atomic E-state index is 17.9. The third-order valence-corrected chi connectivity index (χ3v) is 15.1. The van der Waals surface area contributed by atoms with Crippen molar-refractivity contribution in [3.63, 3.8) is 0 Å². The molecule has 8 aromatic rings. The Morgan fingerprint density at radius 3 is 1.08 bits per heavy atom. The van der Waals surface area contributed by atoms with E-state index in [4.69, 9.17) is 4.74 Å². The highest BCUT2D eigenvalue weighted by atomic mass is 19.4. The average Bonchev–Trinajstić information content (AvgIpc) is 0.977. The van der Waals surface area contributed by atoms with E-state index < -0.39 is 117 Å². The summed E-state index contributed by atoms with van der Waals surface area (Å²) in [5.74, 6) is -16.7. The van der Waals surface area contributed by atoms with Gasteiger partial charge in [0, 0.05) is 49.3 Å². The van der Waals surface area contributed by atoms with Gasteiger partial charge < -0.3 is 14.2 Å². The van der Waals surface area contributed by atoms with Crippen molar-refractivity contribution in [3.8, 4) is 33.8 Å². The number of methoxy groups -OCH3 is 2. The molecule has 3 nitrogen and oxygen atoms in total. The Bertz CT molecular complexity index is 3340. The Hall–Kier alpha value is -7.50. The van der Waals surface area contributed by atoms with Crippen LogP contribution in [0.2, 0.25) is 0 Å². The van der Waals surface area contributed by atoms with E-state index in [1.54, 1.807) is 72.8 Å². The van der Waals surface area contributed by atoms with Gasteiger partial charge in [0.2, 0.25) is 0 Å². The Morgan fingerprint density at radius 2 is 0.753 bits per heavy atom. The van der Waals surface area contributed by atoms with E-state index in [0.717, 1.165) is 48.9 Å². The highest BCUT2D eigenvalue weighted by molar-refractivity contribution is 5.66. The number of hydrogen-bond donors (Lipinski definition) is 0. The SMILES string of the molecule is CCCCc1ccc(-c2ccc(Cc3ccccc3C(F)(F)c3c(Oc4ccc(CC(OC)C(F)(F)F)c(F)c4C(F)(F)c4ccccc4Cc4ccc(-c5ccc(CCCC)cc5F)cc4)ccc(CC(OC)C(F)(F)F)c3F)cc2)c(F)c1. The molecule has 0 saturated heterocycles. The summed E-state index contributed by atoms with van der Waals surface area (Å²) in [4.78, 5) is 0. The van der Waals surface area contributed by atoms with Crippen LogP contribution in [0.15, 0.2) is 158 Å². The highest BCUT2D eigenvalue weighted by Crippen LogP contribution is 2.50. The summed E-state index contributed by atoms with van der Waals surface area (Å²) in [5, 5.41) is 0. The van der Waals surface area contributed by atoms with Gasteiger partial charge in [0.1, 0.15) is 45.9 Å². The molecule has 0 aliphatic rings. The molecule has 8 aromatic carbocycles. The molecule has 0 aliphatic heterocycles. The Morgan fingerprint density at radius 1 is 0.400 bits per heavy atom. The van der Waals surface area contributed by atoms with Crippen molar-refractivity contribution in [1.82, 2.24) is 0 Å².